The summed E-state index contributed by atoms with van der Waals surface area (Å²) in [5.41, 5.74) is 0.270. The summed E-state index contributed by atoms with van der Waals surface area (Å²) in [7, 11) is 0. The molecule has 1 aromatic heterocycles. The maximum absolute atomic E-state index is 12.8. The summed E-state index contributed by atoms with van der Waals surface area (Å²) in [5, 5.41) is 13.1. The number of carbonyl (C=O) groups is 3. The number of nitrogens with one attached hydrogen (secondary N) is 2. The number of aliphatic hydroxyl groups excluding tert-OH is 1. The summed E-state index contributed by atoms with van der Waals surface area (Å²) in [5.74, 6) is -1.45. The Balaban J connectivity index is 1.36. The van der Waals surface area contributed by atoms with E-state index in [9.17, 15) is 19.5 Å². The van der Waals surface area contributed by atoms with Crippen molar-refractivity contribution in [2.45, 2.75) is 51.2 Å². The van der Waals surface area contributed by atoms with E-state index in [0.29, 0.717) is 18.3 Å². The van der Waals surface area contributed by atoms with Crippen molar-refractivity contribution in [1.82, 2.24) is 20.2 Å². The molecule has 2 aliphatic carbocycles. The van der Waals surface area contributed by atoms with Gasteiger partial charge in [-0.05, 0) is 44.4 Å². The van der Waals surface area contributed by atoms with E-state index in [1.807, 2.05) is 4.90 Å². The number of hydrogen-bond donors (Lipinski definition) is 3. The Kier molecular flexibility index (Phi) is 4.86. The van der Waals surface area contributed by atoms with Crippen LogP contribution in [0.4, 0.5) is 0 Å². The van der Waals surface area contributed by atoms with Gasteiger partial charge in [-0.3, -0.25) is 9.59 Å². The number of rotatable bonds is 5. The van der Waals surface area contributed by atoms with Gasteiger partial charge in [0.15, 0.2) is 11.4 Å². The zero-order valence-electron chi connectivity index (χ0n) is 15.9. The number of aliphatic hydroxyl groups is 1. The van der Waals surface area contributed by atoms with Crippen LogP contribution in [0.15, 0.2) is 6.33 Å². The third-order valence-electron chi connectivity index (χ3n) is 6.24. The zero-order valence-corrected chi connectivity index (χ0v) is 15.9. The molecule has 3 fully saturated rings. The molecular formula is C19H26N4O5. The van der Waals surface area contributed by atoms with E-state index < -0.39 is 24.0 Å². The number of H-pyrrole nitrogens is 1. The molecule has 9 heteroatoms. The highest BCUT2D eigenvalue weighted by Gasteiger charge is 2.50. The monoisotopic (exact) mass is 390 g/mol. The highest BCUT2D eigenvalue weighted by atomic mass is 16.5. The molecular weight excluding hydrogens is 364 g/mol. The quantitative estimate of drug-likeness (QED) is 0.628. The summed E-state index contributed by atoms with van der Waals surface area (Å²) < 4.78 is 4.91. The summed E-state index contributed by atoms with van der Waals surface area (Å²) in [6.45, 7) is 3.47. The largest absolute Gasteiger partial charge is 0.461 e. The Morgan fingerprint density at radius 2 is 2.14 bits per heavy atom. The van der Waals surface area contributed by atoms with E-state index in [4.69, 9.17) is 4.74 Å². The standard InChI is InChI=1S/C19H26N4O5/c1-2-28-18(27)15-14(20-10-21-15)16(25)22-12-7-11(8-13(12)24)17(26)23-6-5-19(9-23)3-4-19/h10-13,24H,2-9H2,1H3,(H,20,21)(H,22,25)/t11-,12+,13+/m0/s1. The number of amides is 2. The SMILES string of the molecule is CCOC(=O)c1[nH]cnc1C(=O)N[C@@H]1C[C@H](C(=O)N2CCC3(CC3)C2)C[C@H]1O. The van der Waals surface area contributed by atoms with E-state index >= 15 is 0 Å². The third-order valence-corrected chi connectivity index (χ3v) is 6.24. The zero-order chi connectivity index (χ0) is 19.9. The van der Waals surface area contributed by atoms with Crippen molar-refractivity contribution in [2.24, 2.45) is 11.3 Å². The van der Waals surface area contributed by atoms with Crippen molar-refractivity contribution in [3.8, 4) is 0 Å². The number of hydrogen-bond acceptors (Lipinski definition) is 6. The first-order chi connectivity index (χ1) is 13.4. The molecule has 2 amide bonds. The van der Waals surface area contributed by atoms with Crippen LogP contribution < -0.4 is 5.32 Å². The minimum Gasteiger partial charge on any atom is -0.461 e. The summed E-state index contributed by atoms with van der Waals surface area (Å²) >= 11 is 0. The molecule has 0 bridgehead atoms. The first-order valence-corrected chi connectivity index (χ1v) is 9.90. The van der Waals surface area contributed by atoms with Crippen molar-refractivity contribution in [3.05, 3.63) is 17.7 Å². The smallest absolute Gasteiger partial charge is 0.357 e. The first-order valence-electron chi connectivity index (χ1n) is 9.90. The molecule has 1 saturated heterocycles. The van der Waals surface area contributed by atoms with Gasteiger partial charge in [-0.2, -0.15) is 0 Å². The van der Waals surface area contributed by atoms with Crippen molar-refractivity contribution >= 4 is 17.8 Å². The van der Waals surface area contributed by atoms with Crippen LogP contribution in [0.3, 0.4) is 0 Å². The van der Waals surface area contributed by atoms with Crippen LogP contribution in [-0.4, -0.2) is 69.6 Å². The molecule has 9 nitrogen and oxygen atoms in total. The number of nitrogens with zero attached hydrogens (tertiary/aromatic N) is 2. The van der Waals surface area contributed by atoms with Gasteiger partial charge in [0.25, 0.3) is 5.91 Å². The maximum atomic E-state index is 12.8. The highest BCUT2D eigenvalue weighted by molar-refractivity contribution is 6.03. The number of likely N-dealkylation sites (tertiary alicyclic amines) is 1. The second-order valence-electron chi connectivity index (χ2n) is 8.17. The van der Waals surface area contributed by atoms with Crippen LogP contribution in [0.25, 0.3) is 0 Å². The summed E-state index contributed by atoms with van der Waals surface area (Å²) in [6, 6.07) is -0.550. The lowest BCUT2D eigenvalue weighted by Crippen LogP contribution is -2.41. The highest BCUT2D eigenvalue weighted by Crippen LogP contribution is 2.53. The maximum Gasteiger partial charge on any atom is 0.357 e. The van der Waals surface area contributed by atoms with Crippen LogP contribution in [-0.2, 0) is 9.53 Å². The van der Waals surface area contributed by atoms with Gasteiger partial charge in [-0.25, -0.2) is 9.78 Å². The topological polar surface area (TPSA) is 125 Å². The van der Waals surface area contributed by atoms with Gasteiger partial charge in [0.2, 0.25) is 5.91 Å². The Labute approximate surface area is 162 Å². The number of esters is 1. The molecule has 1 aromatic rings. The van der Waals surface area contributed by atoms with Gasteiger partial charge < -0.3 is 25.0 Å². The lowest BCUT2D eigenvalue weighted by atomic mass is 10.1. The Bertz CT molecular complexity index is 787. The second-order valence-corrected chi connectivity index (χ2v) is 8.17. The number of carbonyl (C=O) groups excluding carboxylic acids is 3. The van der Waals surface area contributed by atoms with Gasteiger partial charge in [0.05, 0.1) is 25.1 Å². The molecule has 1 spiro atoms. The summed E-state index contributed by atoms with van der Waals surface area (Å²) in [6.07, 6.45) is 4.64. The fourth-order valence-electron chi connectivity index (χ4n) is 4.40. The molecule has 4 rings (SSSR count). The van der Waals surface area contributed by atoms with E-state index in [1.165, 1.54) is 19.2 Å². The van der Waals surface area contributed by atoms with Crippen LogP contribution in [0.2, 0.25) is 0 Å². The molecule has 0 unspecified atom stereocenters. The lowest BCUT2D eigenvalue weighted by Gasteiger charge is -2.20. The third kappa shape index (κ3) is 3.50. The number of imidazole rings is 1. The Morgan fingerprint density at radius 3 is 2.82 bits per heavy atom. The van der Waals surface area contributed by atoms with Crippen LogP contribution in [0.5, 0.6) is 0 Å². The Hall–Kier alpha value is -2.42. The molecule has 0 aromatic carbocycles. The molecule has 152 valence electrons. The van der Waals surface area contributed by atoms with Gasteiger partial charge in [0.1, 0.15) is 0 Å². The van der Waals surface area contributed by atoms with Crippen LogP contribution >= 0.6 is 0 Å². The van der Waals surface area contributed by atoms with Gasteiger partial charge in [-0.15, -0.1) is 0 Å². The van der Waals surface area contributed by atoms with Crippen molar-refractivity contribution in [3.63, 3.8) is 0 Å². The van der Waals surface area contributed by atoms with Crippen LogP contribution in [0.1, 0.15) is 60.0 Å². The molecule has 3 atom stereocenters. The number of ether oxygens (including phenoxy) is 1. The van der Waals surface area contributed by atoms with Crippen LogP contribution in [0, 0.1) is 11.3 Å². The number of aromatic amines is 1. The number of aromatic nitrogens is 2. The average Bonchev–Trinajstić information content (AvgIpc) is 3.04. The minimum absolute atomic E-state index is 0.0220. The minimum atomic E-state index is -0.805. The molecule has 2 heterocycles. The van der Waals surface area contributed by atoms with E-state index in [1.54, 1.807) is 6.92 Å². The van der Waals surface area contributed by atoms with Crippen molar-refractivity contribution in [2.75, 3.05) is 19.7 Å². The molecule has 3 N–H and O–H groups in total. The molecule has 0 radical (unpaired) electrons. The predicted octanol–water partition coefficient (Wildman–Crippen LogP) is 0.468. The molecule has 1 aliphatic heterocycles. The Morgan fingerprint density at radius 1 is 1.36 bits per heavy atom. The fraction of sp³-hybridized carbons (Fsp3) is 0.684. The van der Waals surface area contributed by atoms with Gasteiger partial charge >= 0.3 is 5.97 Å². The second kappa shape index (κ2) is 7.20. The fourth-order valence-corrected chi connectivity index (χ4v) is 4.40. The first kappa shape index (κ1) is 18.9. The lowest BCUT2D eigenvalue weighted by molar-refractivity contribution is -0.134. The molecule has 3 aliphatic rings. The molecule has 28 heavy (non-hydrogen) atoms. The normalized spacial score (nSPS) is 27.8. The van der Waals surface area contributed by atoms with Crippen molar-refractivity contribution in [1.29, 1.82) is 0 Å². The summed E-state index contributed by atoms with van der Waals surface area (Å²) in [4.78, 5) is 45.7. The molecule has 2 saturated carbocycles. The predicted molar refractivity (Wildman–Crippen MR) is 97.4 cm³/mol. The van der Waals surface area contributed by atoms with Gasteiger partial charge in [0, 0.05) is 19.0 Å². The van der Waals surface area contributed by atoms with Crippen molar-refractivity contribution < 1.29 is 24.2 Å². The van der Waals surface area contributed by atoms with E-state index in [2.05, 4.69) is 15.3 Å². The average molecular weight is 390 g/mol. The van der Waals surface area contributed by atoms with Gasteiger partial charge in [-0.1, -0.05) is 0 Å². The van der Waals surface area contributed by atoms with E-state index in [0.717, 1.165) is 19.5 Å². The van der Waals surface area contributed by atoms with E-state index in [-0.39, 0.29) is 29.8 Å².